The number of carbonyl (C=O) groups is 2. The topological polar surface area (TPSA) is 65.1 Å². The van der Waals surface area contributed by atoms with Gasteiger partial charge in [-0.15, -0.1) is 0 Å². The van der Waals surface area contributed by atoms with E-state index in [0.29, 0.717) is 28.4 Å². The Bertz CT molecular complexity index is 1250. The van der Waals surface area contributed by atoms with Crippen LogP contribution >= 0.6 is 0 Å². The first-order chi connectivity index (χ1) is 18.5. The van der Waals surface area contributed by atoms with Gasteiger partial charge in [-0.1, -0.05) is 53.7 Å². The smallest absolute Gasteiger partial charge is 0.471 e. The molecular weight excluding hydrogens is 567 g/mol. The third-order valence-corrected chi connectivity index (χ3v) is 17.7. The molecule has 1 aliphatic carbocycles. The largest absolute Gasteiger partial charge is 0.541 e. The fraction of sp³-hybridized carbons (Fsp3) is 0.600. The van der Waals surface area contributed by atoms with E-state index in [2.05, 4.69) is 67.7 Å². The maximum atomic E-state index is 13.7. The molecule has 0 unspecified atom stereocenters. The SMILES string of the molecule is COc1c(O[Si](C)(C)C(C)(C)C)cc2c(c1O[Si](C)(C)C(C)(C)C)C1(C=CC(=O)C=C1)CCN(C(=O)C(F)(F)F)C2. The summed E-state index contributed by atoms with van der Waals surface area (Å²) < 4.78 is 60.8. The Labute approximate surface area is 244 Å². The van der Waals surface area contributed by atoms with Crippen LogP contribution in [0.5, 0.6) is 17.2 Å². The number of alkyl halides is 3. The van der Waals surface area contributed by atoms with Gasteiger partial charge in [0.25, 0.3) is 16.6 Å². The van der Waals surface area contributed by atoms with Gasteiger partial charge in [0.15, 0.2) is 17.3 Å². The van der Waals surface area contributed by atoms with Crippen molar-refractivity contribution in [2.75, 3.05) is 13.7 Å². The number of carbonyl (C=O) groups excluding carboxylic acids is 2. The molecule has 6 nitrogen and oxygen atoms in total. The summed E-state index contributed by atoms with van der Waals surface area (Å²) in [5.74, 6) is -0.985. The molecule has 1 heterocycles. The van der Waals surface area contributed by atoms with Gasteiger partial charge in [-0.3, -0.25) is 9.59 Å². The molecule has 3 rings (SSSR count). The van der Waals surface area contributed by atoms with Gasteiger partial charge in [0.1, 0.15) is 0 Å². The van der Waals surface area contributed by atoms with E-state index in [1.165, 1.54) is 19.3 Å². The van der Waals surface area contributed by atoms with E-state index in [9.17, 15) is 22.8 Å². The third-order valence-electron chi connectivity index (χ3n) is 9.06. The number of rotatable bonds is 5. The van der Waals surface area contributed by atoms with E-state index in [1.807, 2.05) is 0 Å². The van der Waals surface area contributed by atoms with Crippen LogP contribution in [0.3, 0.4) is 0 Å². The standard InChI is InChI=1S/C30H44F3NO5Si2/c1-27(2,3)40(8,9)38-22-18-20-19-34(26(36)30(31,32)33)17-16-29(14-12-21(35)13-15-29)23(20)25(24(22)37-7)39-41(10,11)28(4,5)6/h12-15,18H,16-17,19H2,1-11H3. The molecule has 0 aromatic heterocycles. The van der Waals surface area contributed by atoms with Crippen molar-refractivity contribution in [3.63, 3.8) is 0 Å². The zero-order valence-corrected chi connectivity index (χ0v) is 28.1. The lowest BCUT2D eigenvalue weighted by atomic mass is 9.73. The fourth-order valence-corrected chi connectivity index (χ4v) is 6.51. The Hall–Kier alpha value is -2.54. The van der Waals surface area contributed by atoms with Gasteiger partial charge in [0.2, 0.25) is 5.75 Å². The lowest BCUT2D eigenvalue weighted by Gasteiger charge is -2.41. The molecule has 1 aliphatic heterocycles. The van der Waals surface area contributed by atoms with Crippen molar-refractivity contribution in [2.24, 2.45) is 0 Å². The van der Waals surface area contributed by atoms with Gasteiger partial charge in [-0.25, -0.2) is 0 Å². The first-order valence-electron chi connectivity index (χ1n) is 13.9. The summed E-state index contributed by atoms with van der Waals surface area (Å²) in [6.45, 7) is 20.4. The molecule has 11 heteroatoms. The van der Waals surface area contributed by atoms with Crippen molar-refractivity contribution in [2.45, 2.75) is 102 Å². The highest BCUT2D eigenvalue weighted by molar-refractivity contribution is 6.75. The van der Waals surface area contributed by atoms with Crippen LogP contribution in [0.2, 0.25) is 36.3 Å². The van der Waals surface area contributed by atoms with Crippen molar-refractivity contribution in [3.8, 4) is 17.2 Å². The molecule has 0 fully saturated rings. The normalized spacial score (nSPS) is 17.8. The number of ketones is 1. The minimum Gasteiger partial charge on any atom is -0.541 e. The molecule has 1 amide bonds. The highest BCUT2D eigenvalue weighted by atomic mass is 28.4. The van der Waals surface area contributed by atoms with Crippen LogP contribution in [0.4, 0.5) is 13.2 Å². The monoisotopic (exact) mass is 611 g/mol. The lowest BCUT2D eigenvalue weighted by Crippen LogP contribution is -2.45. The molecule has 1 aromatic carbocycles. The number of ether oxygens (including phenoxy) is 1. The Kier molecular flexibility index (Phi) is 8.55. The van der Waals surface area contributed by atoms with E-state index >= 15 is 0 Å². The van der Waals surface area contributed by atoms with Crippen LogP contribution in [0.15, 0.2) is 30.4 Å². The number of methoxy groups -OCH3 is 1. The summed E-state index contributed by atoms with van der Waals surface area (Å²) in [5, 5.41) is -0.397. The predicted molar refractivity (Wildman–Crippen MR) is 160 cm³/mol. The van der Waals surface area contributed by atoms with Crippen LogP contribution < -0.4 is 13.6 Å². The number of fused-ring (bicyclic) bond motifs is 2. The number of allylic oxidation sites excluding steroid dienone is 4. The Morgan fingerprint density at radius 2 is 1.41 bits per heavy atom. The second-order valence-corrected chi connectivity index (χ2v) is 23.5. The summed E-state index contributed by atoms with van der Waals surface area (Å²) >= 11 is 0. The number of hydrogen-bond donors (Lipinski definition) is 0. The van der Waals surface area contributed by atoms with Crippen molar-refractivity contribution in [3.05, 3.63) is 41.5 Å². The van der Waals surface area contributed by atoms with Crippen molar-refractivity contribution < 1.29 is 36.3 Å². The van der Waals surface area contributed by atoms with Crippen molar-refractivity contribution >= 4 is 28.3 Å². The van der Waals surface area contributed by atoms with Crippen LogP contribution in [0, 0.1) is 0 Å². The number of halogens is 3. The van der Waals surface area contributed by atoms with Crippen LogP contribution in [-0.2, 0) is 21.5 Å². The minimum absolute atomic E-state index is 0.127. The van der Waals surface area contributed by atoms with Crippen molar-refractivity contribution in [1.29, 1.82) is 0 Å². The van der Waals surface area contributed by atoms with Gasteiger partial charge in [-0.2, -0.15) is 13.2 Å². The summed E-state index contributed by atoms with van der Waals surface area (Å²) in [6, 6.07) is 1.70. The molecule has 1 spiro atoms. The Morgan fingerprint density at radius 3 is 1.88 bits per heavy atom. The van der Waals surface area contributed by atoms with E-state index in [1.54, 1.807) is 18.2 Å². The molecule has 2 aliphatic rings. The average Bonchev–Trinajstić information content (AvgIpc) is 2.95. The lowest BCUT2D eigenvalue weighted by molar-refractivity contribution is -0.186. The minimum atomic E-state index is -5.03. The van der Waals surface area contributed by atoms with Crippen LogP contribution in [0.25, 0.3) is 0 Å². The van der Waals surface area contributed by atoms with Crippen LogP contribution in [-0.4, -0.2) is 53.1 Å². The molecule has 1 aromatic rings. The number of benzene rings is 1. The first-order valence-corrected chi connectivity index (χ1v) is 19.7. The molecule has 0 atom stereocenters. The number of hydrogen-bond acceptors (Lipinski definition) is 5. The molecule has 228 valence electrons. The number of nitrogens with zero attached hydrogens (tertiary/aromatic N) is 1. The highest BCUT2D eigenvalue weighted by Gasteiger charge is 2.49. The zero-order valence-electron chi connectivity index (χ0n) is 26.1. The van der Waals surface area contributed by atoms with Crippen molar-refractivity contribution in [1.82, 2.24) is 4.90 Å². The number of amides is 1. The Morgan fingerprint density at radius 1 is 0.902 bits per heavy atom. The van der Waals surface area contributed by atoms with Gasteiger partial charge in [0, 0.05) is 24.1 Å². The zero-order chi connectivity index (χ0) is 31.4. The molecule has 0 N–H and O–H groups in total. The molecule has 0 saturated carbocycles. The predicted octanol–water partition coefficient (Wildman–Crippen LogP) is 7.69. The quantitative estimate of drug-likeness (QED) is 0.320. The van der Waals surface area contributed by atoms with E-state index in [4.69, 9.17) is 13.6 Å². The maximum Gasteiger partial charge on any atom is 0.471 e. The van der Waals surface area contributed by atoms with E-state index < -0.39 is 34.1 Å². The third kappa shape index (κ3) is 6.45. The van der Waals surface area contributed by atoms with Gasteiger partial charge >= 0.3 is 12.1 Å². The van der Waals surface area contributed by atoms with Gasteiger partial charge in [0.05, 0.1) is 7.11 Å². The molecule has 0 radical (unpaired) electrons. The fourth-order valence-electron chi connectivity index (χ4n) is 4.49. The van der Waals surface area contributed by atoms with E-state index in [0.717, 1.165) is 4.90 Å². The molecule has 0 bridgehead atoms. The van der Waals surface area contributed by atoms with Gasteiger partial charge in [-0.05, 0) is 66.5 Å². The first kappa shape index (κ1) is 33.0. The highest BCUT2D eigenvalue weighted by Crippen LogP contribution is 2.54. The summed E-state index contributed by atoms with van der Waals surface area (Å²) in [5.41, 5.74) is 0.0656. The van der Waals surface area contributed by atoms with E-state index in [-0.39, 0.29) is 35.4 Å². The summed E-state index contributed by atoms with van der Waals surface area (Å²) in [6.07, 6.45) is 1.37. The molecule has 0 saturated heterocycles. The molecule has 41 heavy (non-hydrogen) atoms. The second kappa shape index (κ2) is 10.6. The second-order valence-electron chi connectivity index (χ2n) is 14.1. The average molecular weight is 612 g/mol. The van der Waals surface area contributed by atoms with Gasteiger partial charge < -0.3 is 18.5 Å². The maximum absolute atomic E-state index is 13.7. The summed E-state index contributed by atoms with van der Waals surface area (Å²) in [4.78, 5) is 25.6. The van der Waals surface area contributed by atoms with Crippen LogP contribution in [0.1, 0.15) is 59.1 Å². The summed E-state index contributed by atoms with van der Waals surface area (Å²) in [7, 11) is -3.48. The molecular formula is C30H44F3NO5Si2. The Balaban J connectivity index is 2.44.